The standard InChI is InChI=1S/C18H22N2O3S/c1-10-6-15(24-11(10)2)18(22)20-17(13-7-14(21)8-13)12-4-5-16(23-3)19-9-12/h4-6,9,13-14,17,21H,7-8H2,1-3H3,(H,20,22)/t13?,14?,17-/m1/s1. The highest BCUT2D eigenvalue weighted by molar-refractivity contribution is 7.14. The van der Waals surface area contributed by atoms with Crippen LogP contribution in [0.1, 0.15) is 44.6 Å². The van der Waals surface area contributed by atoms with E-state index in [0.29, 0.717) is 18.7 Å². The van der Waals surface area contributed by atoms with E-state index in [1.807, 2.05) is 26.0 Å². The van der Waals surface area contributed by atoms with E-state index < -0.39 is 0 Å². The van der Waals surface area contributed by atoms with Crippen LogP contribution in [0, 0.1) is 19.8 Å². The topological polar surface area (TPSA) is 71.5 Å². The number of aromatic nitrogens is 1. The summed E-state index contributed by atoms with van der Waals surface area (Å²) in [6.07, 6.45) is 2.85. The molecule has 0 bridgehead atoms. The Labute approximate surface area is 145 Å². The Bertz CT molecular complexity index is 701. The predicted molar refractivity (Wildman–Crippen MR) is 93.5 cm³/mol. The molecule has 1 aliphatic carbocycles. The molecule has 1 atom stereocenters. The van der Waals surface area contributed by atoms with Gasteiger partial charge in [0.25, 0.3) is 5.91 Å². The number of carbonyl (C=O) groups excluding carboxylic acids is 1. The monoisotopic (exact) mass is 346 g/mol. The van der Waals surface area contributed by atoms with Crippen molar-refractivity contribution in [1.82, 2.24) is 10.3 Å². The summed E-state index contributed by atoms with van der Waals surface area (Å²) in [5.41, 5.74) is 2.07. The molecule has 3 rings (SSSR count). The number of hydrogen-bond acceptors (Lipinski definition) is 5. The van der Waals surface area contributed by atoms with Crippen molar-refractivity contribution in [2.24, 2.45) is 5.92 Å². The second-order valence-electron chi connectivity index (χ2n) is 6.32. The number of rotatable bonds is 5. The lowest BCUT2D eigenvalue weighted by molar-refractivity contribution is 0.0235. The molecule has 0 radical (unpaired) electrons. The Kier molecular flexibility index (Phi) is 4.87. The minimum absolute atomic E-state index is 0.0709. The smallest absolute Gasteiger partial charge is 0.261 e. The van der Waals surface area contributed by atoms with E-state index in [1.165, 1.54) is 11.3 Å². The molecule has 0 saturated heterocycles. The summed E-state index contributed by atoms with van der Waals surface area (Å²) in [5.74, 6) is 0.696. The molecule has 2 aromatic rings. The van der Waals surface area contributed by atoms with Crippen LogP contribution in [0.2, 0.25) is 0 Å². The lowest BCUT2D eigenvalue weighted by Crippen LogP contribution is -2.41. The SMILES string of the molecule is COc1ccc([C@@H](NC(=O)c2cc(C)c(C)s2)C2CC(O)C2)cn1. The van der Waals surface area contributed by atoms with Crippen LogP contribution in [-0.2, 0) is 0 Å². The summed E-state index contributed by atoms with van der Waals surface area (Å²) in [5, 5.41) is 12.8. The molecule has 24 heavy (non-hydrogen) atoms. The molecule has 0 aliphatic heterocycles. The minimum Gasteiger partial charge on any atom is -0.481 e. The summed E-state index contributed by atoms with van der Waals surface area (Å²) in [4.78, 5) is 18.8. The van der Waals surface area contributed by atoms with E-state index in [4.69, 9.17) is 4.74 Å². The second-order valence-corrected chi connectivity index (χ2v) is 7.58. The van der Waals surface area contributed by atoms with Crippen LogP contribution in [-0.4, -0.2) is 29.2 Å². The average Bonchev–Trinajstić information content (AvgIpc) is 2.89. The number of aliphatic hydroxyl groups excluding tert-OH is 1. The van der Waals surface area contributed by atoms with Gasteiger partial charge in [0.1, 0.15) is 0 Å². The summed E-state index contributed by atoms with van der Waals surface area (Å²) >= 11 is 1.51. The molecule has 128 valence electrons. The average molecular weight is 346 g/mol. The third kappa shape index (κ3) is 3.44. The van der Waals surface area contributed by atoms with Gasteiger partial charge >= 0.3 is 0 Å². The number of methoxy groups -OCH3 is 1. The van der Waals surface area contributed by atoms with E-state index in [1.54, 1.807) is 19.4 Å². The molecule has 0 unspecified atom stereocenters. The summed E-state index contributed by atoms with van der Waals surface area (Å²) in [6.45, 7) is 4.03. The maximum absolute atomic E-state index is 12.6. The van der Waals surface area contributed by atoms with Crippen LogP contribution in [0.15, 0.2) is 24.4 Å². The fourth-order valence-electron chi connectivity index (χ4n) is 2.97. The van der Waals surface area contributed by atoms with Crippen molar-refractivity contribution >= 4 is 17.2 Å². The maximum atomic E-state index is 12.6. The first-order valence-electron chi connectivity index (χ1n) is 8.04. The zero-order valence-electron chi connectivity index (χ0n) is 14.1. The normalized spacial score (nSPS) is 21.0. The van der Waals surface area contributed by atoms with Gasteiger partial charge in [-0.15, -0.1) is 11.3 Å². The summed E-state index contributed by atoms with van der Waals surface area (Å²) in [6, 6.07) is 5.49. The highest BCUT2D eigenvalue weighted by Gasteiger charge is 2.36. The number of hydrogen-bond donors (Lipinski definition) is 2. The van der Waals surface area contributed by atoms with Crippen molar-refractivity contribution in [2.45, 2.75) is 38.8 Å². The molecular formula is C18H22N2O3S. The fourth-order valence-corrected chi connectivity index (χ4v) is 3.91. The van der Waals surface area contributed by atoms with Gasteiger partial charge < -0.3 is 15.2 Å². The van der Waals surface area contributed by atoms with E-state index in [9.17, 15) is 9.90 Å². The van der Waals surface area contributed by atoms with Crippen LogP contribution in [0.5, 0.6) is 5.88 Å². The lowest BCUT2D eigenvalue weighted by Gasteiger charge is -2.38. The van der Waals surface area contributed by atoms with Gasteiger partial charge in [0.2, 0.25) is 5.88 Å². The number of nitrogens with one attached hydrogen (secondary N) is 1. The van der Waals surface area contributed by atoms with Crippen LogP contribution in [0.3, 0.4) is 0 Å². The van der Waals surface area contributed by atoms with Gasteiger partial charge in [-0.1, -0.05) is 6.07 Å². The largest absolute Gasteiger partial charge is 0.481 e. The Morgan fingerprint density at radius 1 is 1.42 bits per heavy atom. The van der Waals surface area contributed by atoms with Crippen LogP contribution < -0.4 is 10.1 Å². The van der Waals surface area contributed by atoms with Crippen molar-refractivity contribution < 1.29 is 14.6 Å². The van der Waals surface area contributed by atoms with Gasteiger partial charge in [-0.25, -0.2) is 4.98 Å². The van der Waals surface area contributed by atoms with Crippen molar-refractivity contribution in [3.63, 3.8) is 0 Å². The highest BCUT2D eigenvalue weighted by atomic mass is 32.1. The molecule has 2 aromatic heterocycles. The second kappa shape index (κ2) is 6.91. The van der Waals surface area contributed by atoms with E-state index in [0.717, 1.165) is 20.9 Å². The van der Waals surface area contributed by atoms with Crippen molar-refractivity contribution in [1.29, 1.82) is 0 Å². The molecule has 1 amide bonds. The van der Waals surface area contributed by atoms with Crippen LogP contribution in [0.25, 0.3) is 0 Å². The molecule has 1 aliphatic rings. The molecule has 6 heteroatoms. The van der Waals surface area contributed by atoms with E-state index >= 15 is 0 Å². The first kappa shape index (κ1) is 16.9. The molecule has 5 nitrogen and oxygen atoms in total. The summed E-state index contributed by atoms with van der Waals surface area (Å²) < 4.78 is 5.10. The van der Waals surface area contributed by atoms with Gasteiger partial charge in [0.05, 0.1) is 24.1 Å². The number of carbonyl (C=O) groups is 1. The Hall–Kier alpha value is -1.92. The van der Waals surface area contributed by atoms with E-state index in [-0.39, 0.29) is 24.0 Å². The van der Waals surface area contributed by atoms with Gasteiger partial charge in [0, 0.05) is 17.1 Å². The van der Waals surface area contributed by atoms with Gasteiger partial charge in [-0.05, 0) is 49.8 Å². The molecule has 1 fully saturated rings. The Morgan fingerprint density at radius 2 is 2.17 bits per heavy atom. The molecule has 1 saturated carbocycles. The third-order valence-electron chi connectivity index (χ3n) is 4.62. The van der Waals surface area contributed by atoms with Crippen LogP contribution in [0.4, 0.5) is 0 Å². The Morgan fingerprint density at radius 3 is 2.67 bits per heavy atom. The van der Waals surface area contributed by atoms with Gasteiger partial charge in [0.15, 0.2) is 0 Å². The number of aryl methyl sites for hydroxylation is 2. The Balaban J connectivity index is 1.80. The number of amides is 1. The number of nitrogens with zero attached hydrogens (tertiary/aromatic N) is 1. The molecule has 2 N–H and O–H groups in total. The number of thiophene rings is 1. The number of aliphatic hydroxyl groups is 1. The van der Waals surface area contributed by atoms with Gasteiger partial charge in [-0.2, -0.15) is 0 Å². The maximum Gasteiger partial charge on any atom is 0.261 e. The molecule has 0 aromatic carbocycles. The first-order chi connectivity index (χ1) is 11.5. The first-order valence-corrected chi connectivity index (χ1v) is 8.85. The van der Waals surface area contributed by atoms with E-state index in [2.05, 4.69) is 10.3 Å². The zero-order valence-corrected chi connectivity index (χ0v) is 14.9. The van der Waals surface area contributed by atoms with Crippen molar-refractivity contribution in [3.05, 3.63) is 45.3 Å². The highest BCUT2D eigenvalue weighted by Crippen LogP contribution is 2.38. The van der Waals surface area contributed by atoms with Gasteiger partial charge in [-0.3, -0.25) is 4.79 Å². The molecular weight excluding hydrogens is 324 g/mol. The lowest BCUT2D eigenvalue weighted by atomic mass is 9.75. The number of pyridine rings is 1. The fraction of sp³-hybridized carbons (Fsp3) is 0.444. The van der Waals surface area contributed by atoms with Crippen LogP contribution >= 0.6 is 11.3 Å². The molecule has 0 spiro atoms. The van der Waals surface area contributed by atoms with Crippen molar-refractivity contribution in [2.75, 3.05) is 7.11 Å². The zero-order chi connectivity index (χ0) is 17.3. The quantitative estimate of drug-likeness (QED) is 0.873. The summed E-state index contributed by atoms with van der Waals surface area (Å²) in [7, 11) is 1.57. The third-order valence-corrected chi connectivity index (χ3v) is 5.78. The minimum atomic E-state index is -0.271. The predicted octanol–water partition coefficient (Wildman–Crippen LogP) is 3.01. The molecule has 2 heterocycles. The van der Waals surface area contributed by atoms with Crippen molar-refractivity contribution in [3.8, 4) is 5.88 Å². The number of ether oxygens (including phenoxy) is 1.